The van der Waals surface area contributed by atoms with Gasteiger partial charge in [-0.3, -0.25) is 0 Å². The van der Waals surface area contributed by atoms with E-state index < -0.39 is 6.03 Å². The van der Waals surface area contributed by atoms with Crippen LogP contribution in [0, 0.1) is 6.92 Å². The average molecular weight is 335 g/mol. The number of nitrogens with zero attached hydrogens (tertiary/aromatic N) is 1. The van der Waals surface area contributed by atoms with Gasteiger partial charge in [0, 0.05) is 8.95 Å². The molecule has 1 aromatic carbocycles. The van der Waals surface area contributed by atoms with Crippen LogP contribution in [0.3, 0.4) is 0 Å². The minimum absolute atomic E-state index is 0.684. The Balaban J connectivity index is 2.87. The lowest BCUT2D eigenvalue weighted by molar-refractivity contribution is 0.249. The summed E-state index contributed by atoms with van der Waals surface area (Å²) in [6, 6.07) is 3.11. The molecule has 0 heterocycles. The molecule has 6 heteroatoms. The maximum atomic E-state index is 10.4. The summed E-state index contributed by atoms with van der Waals surface area (Å²) in [5.74, 6) is 0. The van der Waals surface area contributed by atoms with Crippen molar-refractivity contribution >= 4 is 44.1 Å². The van der Waals surface area contributed by atoms with E-state index in [1.165, 1.54) is 6.21 Å². The van der Waals surface area contributed by atoms with Crippen molar-refractivity contribution in [2.75, 3.05) is 0 Å². The highest BCUT2D eigenvalue weighted by Gasteiger charge is 2.01. The van der Waals surface area contributed by atoms with Crippen LogP contribution in [-0.2, 0) is 0 Å². The Bertz CT molecular complexity index is 395. The summed E-state index contributed by atoms with van der Waals surface area (Å²) in [5.41, 5.74) is 8.94. The van der Waals surface area contributed by atoms with Crippen molar-refractivity contribution in [1.29, 1.82) is 0 Å². The molecule has 0 atom stereocenters. The van der Waals surface area contributed by atoms with Crippen molar-refractivity contribution < 1.29 is 4.79 Å². The van der Waals surface area contributed by atoms with Gasteiger partial charge in [0.2, 0.25) is 0 Å². The number of halogens is 2. The van der Waals surface area contributed by atoms with Gasteiger partial charge in [-0.05, 0) is 30.2 Å². The number of carbonyl (C=O) groups is 1. The Morgan fingerprint density at radius 2 is 2.00 bits per heavy atom. The van der Waals surface area contributed by atoms with Gasteiger partial charge in [0.25, 0.3) is 0 Å². The van der Waals surface area contributed by atoms with Crippen molar-refractivity contribution in [1.82, 2.24) is 5.43 Å². The first kappa shape index (κ1) is 12.2. The van der Waals surface area contributed by atoms with Crippen LogP contribution in [0.5, 0.6) is 0 Å². The molecule has 0 saturated carbocycles. The molecule has 1 rings (SSSR count). The largest absolute Gasteiger partial charge is 0.350 e. The number of rotatable bonds is 2. The Morgan fingerprint density at radius 1 is 1.47 bits per heavy atom. The van der Waals surface area contributed by atoms with Gasteiger partial charge in [-0.25, -0.2) is 10.2 Å². The molecule has 2 amide bonds. The van der Waals surface area contributed by atoms with E-state index in [1.807, 2.05) is 19.1 Å². The second kappa shape index (κ2) is 5.27. The molecule has 0 radical (unpaired) electrons. The third-order valence-corrected chi connectivity index (χ3v) is 3.34. The van der Waals surface area contributed by atoms with Crippen LogP contribution in [0.4, 0.5) is 4.79 Å². The number of hydrogen-bond donors (Lipinski definition) is 2. The van der Waals surface area contributed by atoms with Crippen LogP contribution in [0.15, 0.2) is 26.2 Å². The van der Waals surface area contributed by atoms with E-state index in [1.54, 1.807) is 0 Å². The fourth-order valence-electron chi connectivity index (χ4n) is 0.910. The van der Waals surface area contributed by atoms with Gasteiger partial charge in [-0.15, -0.1) is 0 Å². The van der Waals surface area contributed by atoms with Crippen molar-refractivity contribution in [3.8, 4) is 0 Å². The number of hydrogen-bond acceptors (Lipinski definition) is 2. The Morgan fingerprint density at radius 3 is 2.47 bits per heavy atom. The van der Waals surface area contributed by atoms with E-state index >= 15 is 0 Å². The van der Waals surface area contributed by atoms with Gasteiger partial charge in [-0.2, -0.15) is 5.10 Å². The summed E-state index contributed by atoms with van der Waals surface area (Å²) in [7, 11) is 0. The zero-order valence-electron chi connectivity index (χ0n) is 7.92. The minimum atomic E-state index is -0.684. The standard InChI is InChI=1S/C9H9Br2N3O/c1-5-7(10)2-6(3-8(5)11)4-13-14-9(12)15/h2-4H,1H3,(H3,12,14,15)/b13-4-. The molecule has 0 bridgehead atoms. The molecule has 15 heavy (non-hydrogen) atoms. The molecule has 0 aliphatic carbocycles. The van der Waals surface area contributed by atoms with Gasteiger partial charge >= 0.3 is 6.03 Å². The Kier molecular flexibility index (Phi) is 4.28. The predicted octanol–water partition coefficient (Wildman–Crippen LogP) is 2.52. The van der Waals surface area contributed by atoms with Crippen LogP contribution in [0.1, 0.15) is 11.1 Å². The maximum Gasteiger partial charge on any atom is 0.332 e. The van der Waals surface area contributed by atoms with Crippen LogP contribution in [-0.4, -0.2) is 12.2 Å². The Hall–Kier alpha value is -0.880. The molecular weight excluding hydrogens is 326 g/mol. The van der Waals surface area contributed by atoms with E-state index in [-0.39, 0.29) is 0 Å². The number of nitrogens with one attached hydrogen (secondary N) is 1. The molecule has 0 spiro atoms. The van der Waals surface area contributed by atoms with Gasteiger partial charge in [0.05, 0.1) is 6.21 Å². The maximum absolute atomic E-state index is 10.4. The molecule has 1 aromatic rings. The zero-order valence-corrected chi connectivity index (χ0v) is 11.1. The lowest BCUT2D eigenvalue weighted by Crippen LogP contribution is -2.24. The van der Waals surface area contributed by atoms with E-state index in [0.717, 1.165) is 20.1 Å². The fraction of sp³-hybridized carbons (Fsp3) is 0.111. The highest BCUT2D eigenvalue weighted by atomic mass is 79.9. The van der Waals surface area contributed by atoms with E-state index in [0.29, 0.717) is 0 Å². The summed E-state index contributed by atoms with van der Waals surface area (Å²) in [6.45, 7) is 1.98. The molecule has 0 aromatic heterocycles. The summed E-state index contributed by atoms with van der Waals surface area (Å²) in [4.78, 5) is 10.4. The highest BCUT2D eigenvalue weighted by Crippen LogP contribution is 2.25. The highest BCUT2D eigenvalue weighted by molar-refractivity contribution is 9.11. The fourth-order valence-corrected chi connectivity index (χ4v) is 2.13. The van der Waals surface area contributed by atoms with Crippen molar-refractivity contribution in [3.05, 3.63) is 32.2 Å². The second-order valence-corrected chi connectivity index (χ2v) is 4.55. The minimum Gasteiger partial charge on any atom is -0.350 e. The summed E-state index contributed by atoms with van der Waals surface area (Å²) in [5, 5.41) is 3.66. The molecular formula is C9H9Br2N3O. The number of hydrazone groups is 1. The number of carbonyl (C=O) groups excluding carboxylic acids is 1. The molecule has 0 unspecified atom stereocenters. The van der Waals surface area contributed by atoms with Crippen LogP contribution in [0.2, 0.25) is 0 Å². The first-order chi connectivity index (χ1) is 7.00. The van der Waals surface area contributed by atoms with E-state index in [2.05, 4.69) is 42.4 Å². The average Bonchev–Trinajstić information content (AvgIpc) is 2.13. The molecule has 80 valence electrons. The topological polar surface area (TPSA) is 67.5 Å². The van der Waals surface area contributed by atoms with Crippen molar-refractivity contribution in [3.63, 3.8) is 0 Å². The lowest BCUT2D eigenvalue weighted by atomic mass is 10.2. The van der Waals surface area contributed by atoms with Crippen LogP contribution < -0.4 is 11.2 Å². The zero-order chi connectivity index (χ0) is 11.4. The van der Waals surface area contributed by atoms with Gasteiger partial charge in [0.15, 0.2) is 0 Å². The third-order valence-electron chi connectivity index (χ3n) is 1.69. The van der Waals surface area contributed by atoms with Crippen LogP contribution in [0.25, 0.3) is 0 Å². The molecule has 0 saturated heterocycles. The predicted molar refractivity (Wildman–Crippen MR) is 66.9 cm³/mol. The molecule has 3 N–H and O–H groups in total. The summed E-state index contributed by atoms with van der Waals surface area (Å²) >= 11 is 6.83. The first-order valence-corrected chi connectivity index (χ1v) is 5.63. The lowest BCUT2D eigenvalue weighted by Gasteiger charge is -2.02. The first-order valence-electron chi connectivity index (χ1n) is 4.05. The monoisotopic (exact) mass is 333 g/mol. The van der Waals surface area contributed by atoms with E-state index in [9.17, 15) is 4.79 Å². The van der Waals surface area contributed by atoms with Gasteiger partial charge < -0.3 is 5.73 Å². The number of amides is 2. The molecule has 0 aliphatic heterocycles. The normalized spacial score (nSPS) is 10.6. The number of urea groups is 1. The SMILES string of the molecule is Cc1c(Br)cc(/C=N\NC(N)=O)cc1Br. The molecule has 4 nitrogen and oxygen atoms in total. The summed E-state index contributed by atoms with van der Waals surface area (Å²) in [6.07, 6.45) is 1.51. The number of nitrogens with two attached hydrogens (primary N) is 1. The molecule has 0 aliphatic rings. The number of benzene rings is 1. The van der Waals surface area contributed by atoms with E-state index in [4.69, 9.17) is 5.73 Å². The van der Waals surface area contributed by atoms with Crippen LogP contribution >= 0.6 is 31.9 Å². The molecule has 0 fully saturated rings. The van der Waals surface area contributed by atoms with Gasteiger partial charge in [0.1, 0.15) is 0 Å². The second-order valence-electron chi connectivity index (χ2n) is 2.84. The van der Waals surface area contributed by atoms with Crippen molar-refractivity contribution in [2.45, 2.75) is 6.92 Å². The number of primary amides is 1. The summed E-state index contributed by atoms with van der Waals surface area (Å²) < 4.78 is 1.94. The Labute approximate surface area is 104 Å². The quantitative estimate of drug-likeness (QED) is 0.633. The smallest absolute Gasteiger partial charge is 0.332 e. The third kappa shape index (κ3) is 3.64. The van der Waals surface area contributed by atoms with Gasteiger partial charge in [-0.1, -0.05) is 31.9 Å². The van der Waals surface area contributed by atoms with Crippen molar-refractivity contribution in [2.24, 2.45) is 10.8 Å².